The fourth-order valence-corrected chi connectivity index (χ4v) is 2.69. The Balaban J connectivity index is 3.08. The smallest absolute Gasteiger partial charge is 0.318 e. The molecule has 0 aliphatic carbocycles. The summed E-state index contributed by atoms with van der Waals surface area (Å²) in [7, 11) is 1.32. The summed E-state index contributed by atoms with van der Waals surface area (Å²) in [6, 6.07) is 0. The SMILES string of the molecule is CCOC(=O)C(CC)(CCC(=O)OC)c1csc(N)n1. The average molecular weight is 300 g/mol. The van der Waals surface area contributed by atoms with Gasteiger partial charge in [0.2, 0.25) is 0 Å². The lowest BCUT2D eigenvalue weighted by Gasteiger charge is -2.28. The molecule has 1 aromatic heterocycles. The molecule has 1 unspecified atom stereocenters. The summed E-state index contributed by atoms with van der Waals surface area (Å²) in [4.78, 5) is 27.9. The van der Waals surface area contributed by atoms with Crippen molar-refractivity contribution >= 4 is 28.4 Å². The second-order valence-electron chi connectivity index (χ2n) is 4.30. The first-order chi connectivity index (χ1) is 9.50. The summed E-state index contributed by atoms with van der Waals surface area (Å²) in [5.74, 6) is -0.743. The maximum absolute atomic E-state index is 12.4. The predicted octanol–water partition coefficient (Wildman–Crippen LogP) is 1.89. The average Bonchev–Trinajstić information content (AvgIpc) is 2.87. The number of nitrogens with zero attached hydrogens (tertiary/aromatic N) is 1. The summed E-state index contributed by atoms with van der Waals surface area (Å²) in [5.41, 5.74) is 5.26. The monoisotopic (exact) mass is 300 g/mol. The van der Waals surface area contributed by atoms with Gasteiger partial charge < -0.3 is 15.2 Å². The van der Waals surface area contributed by atoms with E-state index >= 15 is 0 Å². The fraction of sp³-hybridized carbons (Fsp3) is 0.615. The van der Waals surface area contributed by atoms with E-state index in [1.807, 2.05) is 6.92 Å². The van der Waals surface area contributed by atoms with E-state index in [1.54, 1.807) is 12.3 Å². The first-order valence-electron chi connectivity index (χ1n) is 6.45. The van der Waals surface area contributed by atoms with Crippen molar-refractivity contribution < 1.29 is 19.1 Å². The number of anilines is 1. The van der Waals surface area contributed by atoms with E-state index in [9.17, 15) is 9.59 Å². The summed E-state index contributed by atoms with van der Waals surface area (Å²) in [6.07, 6.45) is 0.894. The van der Waals surface area contributed by atoms with Crippen molar-refractivity contribution in [1.29, 1.82) is 0 Å². The minimum absolute atomic E-state index is 0.126. The lowest BCUT2D eigenvalue weighted by atomic mass is 9.78. The second kappa shape index (κ2) is 7.23. The van der Waals surface area contributed by atoms with Crippen LogP contribution in [0.3, 0.4) is 0 Å². The van der Waals surface area contributed by atoms with Crippen molar-refractivity contribution in [1.82, 2.24) is 4.98 Å². The first-order valence-corrected chi connectivity index (χ1v) is 7.33. The van der Waals surface area contributed by atoms with Gasteiger partial charge in [-0.3, -0.25) is 9.59 Å². The Bertz CT molecular complexity index is 475. The lowest BCUT2D eigenvalue weighted by molar-refractivity contribution is -0.151. The molecule has 1 rings (SSSR count). The van der Waals surface area contributed by atoms with Gasteiger partial charge in [-0.15, -0.1) is 11.3 Å². The summed E-state index contributed by atoms with van der Waals surface area (Å²) < 4.78 is 9.80. The van der Waals surface area contributed by atoms with Crippen molar-refractivity contribution in [2.24, 2.45) is 0 Å². The number of hydrogen-bond acceptors (Lipinski definition) is 7. The molecule has 2 N–H and O–H groups in total. The van der Waals surface area contributed by atoms with E-state index < -0.39 is 5.41 Å². The van der Waals surface area contributed by atoms with Crippen LogP contribution in [-0.4, -0.2) is 30.6 Å². The Hall–Kier alpha value is -1.63. The van der Waals surface area contributed by atoms with Gasteiger partial charge in [0.25, 0.3) is 0 Å². The molecule has 0 aliphatic rings. The Morgan fingerprint density at radius 2 is 2.15 bits per heavy atom. The van der Waals surface area contributed by atoms with Crippen molar-refractivity contribution in [3.05, 3.63) is 11.1 Å². The summed E-state index contributed by atoms with van der Waals surface area (Å²) in [5, 5.41) is 2.13. The van der Waals surface area contributed by atoms with Crippen molar-refractivity contribution in [3.63, 3.8) is 0 Å². The quantitative estimate of drug-likeness (QED) is 0.773. The first kappa shape index (κ1) is 16.4. The topological polar surface area (TPSA) is 91.5 Å². The molecule has 0 aliphatic heterocycles. The molecule has 1 aromatic rings. The van der Waals surface area contributed by atoms with Crippen LogP contribution in [0.25, 0.3) is 0 Å². The van der Waals surface area contributed by atoms with E-state index in [-0.39, 0.29) is 31.4 Å². The van der Waals surface area contributed by atoms with Gasteiger partial charge in [-0.25, -0.2) is 4.98 Å². The van der Waals surface area contributed by atoms with Gasteiger partial charge >= 0.3 is 11.9 Å². The molecule has 1 atom stereocenters. The molecule has 0 saturated heterocycles. The fourth-order valence-electron chi connectivity index (χ4n) is 2.03. The number of ether oxygens (including phenoxy) is 2. The zero-order valence-electron chi connectivity index (χ0n) is 12.0. The minimum atomic E-state index is -0.946. The number of carbonyl (C=O) groups excluding carboxylic acids is 2. The molecule has 0 amide bonds. The van der Waals surface area contributed by atoms with Crippen LogP contribution in [0.15, 0.2) is 5.38 Å². The number of esters is 2. The molecule has 0 aromatic carbocycles. The van der Waals surface area contributed by atoms with Crippen molar-refractivity contribution in [2.45, 2.75) is 38.5 Å². The number of aromatic nitrogens is 1. The van der Waals surface area contributed by atoms with Gasteiger partial charge in [0.05, 0.1) is 19.4 Å². The van der Waals surface area contributed by atoms with Crippen LogP contribution >= 0.6 is 11.3 Å². The molecule has 112 valence electrons. The highest BCUT2D eigenvalue weighted by molar-refractivity contribution is 7.13. The third kappa shape index (κ3) is 3.47. The van der Waals surface area contributed by atoms with Crippen LogP contribution < -0.4 is 5.73 Å². The minimum Gasteiger partial charge on any atom is -0.469 e. The zero-order valence-corrected chi connectivity index (χ0v) is 12.8. The predicted molar refractivity (Wildman–Crippen MR) is 76.4 cm³/mol. The van der Waals surface area contributed by atoms with E-state index in [0.717, 1.165) is 0 Å². The Morgan fingerprint density at radius 1 is 1.45 bits per heavy atom. The maximum Gasteiger partial charge on any atom is 0.318 e. The summed E-state index contributed by atoms with van der Waals surface area (Å²) >= 11 is 1.26. The van der Waals surface area contributed by atoms with E-state index in [1.165, 1.54) is 18.4 Å². The highest BCUT2D eigenvalue weighted by Crippen LogP contribution is 2.36. The van der Waals surface area contributed by atoms with Gasteiger partial charge in [0.15, 0.2) is 5.13 Å². The number of methoxy groups -OCH3 is 1. The maximum atomic E-state index is 12.4. The van der Waals surface area contributed by atoms with Crippen LogP contribution in [0.5, 0.6) is 0 Å². The van der Waals surface area contributed by atoms with Gasteiger partial charge in [-0.1, -0.05) is 6.92 Å². The van der Waals surface area contributed by atoms with E-state index in [0.29, 0.717) is 17.2 Å². The molecular weight excluding hydrogens is 280 g/mol. The Kier molecular flexibility index (Phi) is 5.94. The van der Waals surface area contributed by atoms with Crippen LogP contribution in [0.1, 0.15) is 38.8 Å². The molecule has 1 heterocycles. The standard InChI is InChI=1S/C13H20N2O4S/c1-4-13(11(17)19-5-2,7-6-10(16)18-3)9-8-20-12(14)15-9/h8H,4-7H2,1-3H3,(H2,14,15). The second-order valence-corrected chi connectivity index (χ2v) is 5.19. The molecule has 6 nitrogen and oxygen atoms in total. The normalized spacial score (nSPS) is 13.6. The third-order valence-corrected chi connectivity index (χ3v) is 3.94. The highest BCUT2D eigenvalue weighted by atomic mass is 32.1. The number of rotatable bonds is 7. The molecule has 0 saturated carbocycles. The molecule has 7 heteroatoms. The molecule has 20 heavy (non-hydrogen) atoms. The van der Waals surface area contributed by atoms with Gasteiger partial charge in [0.1, 0.15) is 5.41 Å². The molecule has 0 fully saturated rings. The third-order valence-electron chi connectivity index (χ3n) is 3.27. The number of nitrogens with two attached hydrogens (primary N) is 1. The van der Waals surface area contributed by atoms with E-state index in [2.05, 4.69) is 9.72 Å². The van der Waals surface area contributed by atoms with Gasteiger partial charge in [-0.05, 0) is 19.8 Å². The van der Waals surface area contributed by atoms with Crippen LogP contribution in [-0.2, 0) is 24.5 Å². The number of carbonyl (C=O) groups is 2. The van der Waals surface area contributed by atoms with Crippen molar-refractivity contribution in [3.8, 4) is 0 Å². The Morgan fingerprint density at radius 3 is 2.60 bits per heavy atom. The zero-order chi connectivity index (χ0) is 15.2. The number of thiazole rings is 1. The Labute approximate surface area is 122 Å². The highest BCUT2D eigenvalue weighted by Gasteiger charge is 2.42. The van der Waals surface area contributed by atoms with E-state index in [4.69, 9.17) is 10.5 Å². The van der Waals surface area contributed by atoms with Crippen LogP contribution in [0.2, 0.25) is 0 Å². The van der Waals surface area contributed by atoms with Crippen molar-refractivity contribution in [2.75, 3.05) is 19.5 Å². The molecular formula is C13H20N2O4S. The number of nitrogen functional groups attached to an aromatic ring is 1. The molecule has 0 bridgehead atoms. The van der Waals surface area contributed by atoms with Crippen LogP contribution in [0.4, 0.5) is 5.13 Å². The van der Waals surface area contributed by atoms with Gasteiger partial charge in [0, 0.05) is 11.8 Å². The lowest BCUT2D eigenvalue weighted by Crippen LogP contribution is -2.38. The molecule has 0 spiro atoms. The molecule has 0 radical (unpaired) electrons. The number of hydrogen-bond donors (Lipinski definition) is 1. The summed E-state index contributed by atoms with van der Waals surface area (Å²) in [6.45, 7) is 3.89. The van der Waals surface area contributed by atoms with Gasteiger partial charge in [-0.2, -0.15) is 0 Å². The largest absolute Gasteiger partial charge is 0.469 e. The van der Waals surface area contributed by atoms with Crippen LogP contribution in [0, 0.1) is 0 Å².